The SMILES string of the molecule is Cc1cccc([C@H](C)c2ncc[nH]2)c1C. The molecule has 0 unspecified atom stereocenters. The Kier molecular flexibility index (Phi) is 2.58. The summed E-state index contributed by atoms with van der Waals surface area (Å²) >= 11 is 0. The molecule has 0 bridgehead atoms. The van der Waals surface area contributed by atoms with Crippen LogP contribution < -0.4 is 0 Å². The predicted molar refractivity (Wildman–Crippen MR) is 62.0 cm³/mol. The van der Waals surface area contributed by atoms with E-state index in [2.05, 4.69) is 48.9 Å². The van der Waals surface area contributed by atoms with Crippen molar-refractivity contribution in [1.29, 1.82) is 0 Å². The number of aryl methyl sites for hydroxylation is 1. The lowest BCUT2D eigenvalue weighted by atomic mass is 9.93. The summed E-state index contributed by atoms with van der Waals surface area (Å²) < 4.78 is 0. The highest BCUT2D eigenvalue weighted by Gasteiger charge is 2.13. The van der Waals surface area contributed by atoms with Crippen LogP contribution in [-0.2, 0) is 0 Å². The number of benzene rings is 1. The maximum absolute atomic E-state index is 4.31. The average molecular weight is 200 g/mol. The zero-order valence-electron chi connectivity index (χ0n) is 9.41. The molecule has 0 aliphatic carbocycles. The van der Waals surface area contributed by atoms with Gasteiger partial charge in [-0.1, -0.05) is 25.1 Å². The molecule has 0 aliphatic heterocycles. The number of hydrogen-bond donors (Lipinski definition) is 1. The molecule has 0 saturated heterocycles. The zero-order chi connectivity index (χ0) is 10.8. The Morgan fingerprint density at radius 3 is 2.73 bits per heavy atom. The molecule has 2 rings (SSSR count). The minimum Gasteiger partial charge on any atom is -0.348 e. The molecule has 0 spiro atoms. The van der Waals surface area contributed by atoms with Crippen LogP contribution in [-0.4, -0.2) is 9.97 Å². The van der Waals surface area contributed by atoms with Crippen LogP contribution in [0.5, 0.6) is 0 Å². The Bertz CT molecular complexity index is 444. The van der Waals surface area contributed by atoms with Crippen LogP contribution in [0.25, 0.3) is 0 Å². The molecule has 1 aromatic heterocycles. The molecule has 1 aromatic carbocycles. The molecule has 1 heterocycles. The smallest absolute Gasteiger partial charge is 0.113 e. The van der Waals surface area contributed by atoms with Gasteiger partial charge in [0, 0.05) is 18.3 Å². The Balaban J connectivity index is 2.42. The summed E-state index contributed by atoms with van der Waals surface area (Å²) in [6.07, 6.45) is 3.67. The number of nitrogens with zero attached hydrogens (tertiary/aromatic N) is 1. The fourth-order valence-corrected chi connectivity index (χ4v) is 1.90. The third kappa shape index (κ3) is 1.80. The van der Waals surface area contributed by atoms with Gasteiger partial charge in [-0.15, -0.1) is 0 Å². The summed E-state index contributed by atoms with van der Waals surface area (Å²) in [5.41, 5.74) is 4.05. The summed E-state index contributed by atoms with van der Waals surface area (Å²) in [5.74, 6) is 1.36. The number of aromatic amines is 1. The maximum atomic E-state index is 4.31. The van der Waals surface area contributed by atoms with Crippen molar-refractivity contribution >= 4 is 0 Å². The van der Waals surface area contributed by atoms with Gasteiger partial charge < -0.3 is 4.98 Å². The van der Waals surface area contributed by atoms with Gasteiger partial charge in [0.2, 0.25) is 0 Å². The first-order valence-electron chi connectivity index (χ1n) is 5.25. The fourth-order valence-electron chi connectivity index (χ4n) is 1.90. The van der Waals surface area contributed by atoms with Gasteiger partial charge in [-0.3, -0.25) is 0 Å². The third-order valence-corrected chi connectivity index (χ3v) is 3.04. The van der Waals surface area contributed by atoms with E-state index >= 15 is 0 Å². The molecule has 1 atom stereocenters. The summed E-state index contributed by atoms with van der Waals surface area (Å²) in [7, 11) is 0. The van der Waals surface area contributed by atoms with Crippen molar-refractivity contribution in [1.82, 2.24) is 9.97 Å². The lowest BCUT2D eigenvalue weighted by Crippen LogP contribution is -2.01. The van der Waals surface area contributed by atoms with Crippen molar-refractivity contribution in [3.63, 3.8) is 0 Å². The van der Waals surface area contributed by atoms with Crippen molar-refractivity contribution in [2.24, 2.45) is 0 Å². The van der Waals surface area contributed by atoms with Crippen molar-refractivity contribution in [3.05, 3.63) is 53.1 Å². The molecule has 78 valence electrons. The van der Waals surface area contributed by atoms with Crippen molar-refractivity contribution in [2.45, 2.75) is 26.7 Å². The second-order valence-electron chi connectivity index (χ2n) is 3.99. The minimum absolute atomic E-state index is 0.333. The van der Waals surface area contributed by atoms with Gasteiger partial charge in [0.05, 0.1) is 0 Å². The van der Waals surface area contributed by atoms with E-state index in [0.717, 1.165) is 5.82 Å². The summed E-state index contributed by atoms with van der Waals surface area (Å²) in [5, 5.41) is 0. The van der Waals surface area contributed by atoms with Crippen LogP contribution in [0.15, 0.2) is 30.6 Å². The molecule has 0 saturated carbocycles. The molecule has 2 heteroatoms. The van der Waals surface area contributed by atoms with Crippen molar-refractivity contribution in [3.8, 4) is 0 Å². The standard InChI is InChI=1S/C13H16N2/c1-9-5-4-6-12(10(9)2)11(3)13-14-7-8-15-13/h4-8,11H,1-3H3,(H,14,15)/t11-/m0/s1. The highest BCUT2D eigenvalue weighted by atomic mass is 14.9. The van der Waals surface area contributed by atoms with Gasteiger partial charge >= 0.3 is 0 Å². The number of nitrogens with one attached hydrogen (secondary N) is 1. The van der Waals surface area contributed by atoms with Gasteiger partial charge in [0.25, 0.3) is 0 Å². The highest BCUT2D eigenvalue weighted by molar-refractivity contribution is 5.37. The third-order valence-electron chi connectivity index (χ3n) is 3.04. The number of hydrogen-bond acceptors (Lipinski definition) is 1. The van der Waals surface area contributed by atoms with Crippen LogP contribution in [0.3, 0.4) is 0 Å². The van der Waals surface area contributed by atoms with Crippen molar-refractivity contribution in [2.75, 3.05) is 0 Å². The summed E-state index contributed by atoms with van der Waals surface area (Å²) in [4.78, 5) is 7.48. The van der Waals surface area contributed by atoms with Crippen LogP contribution in [0.2, 0.25) is 0 Å². The second kappa shape index (κ2) is 3.89. The molecule has 0 fully saturated rings. The van der Waals surface area contributed by atoms with E-state index in [-0.39, 0.29) is 0 Å². The van der Waals surface area contributed by atoms with E-state index in [1.807, 2.05) is 6.20 Å². The molecule has 1 N–H and O–H groups in total. The first kappa shape index (κ1) is 9.97. The van der Waals surface area contributed by atoms with Gasteiger partial charge in [0.15, 0.2) is 0 Å². The number of imidazole rings is 1. The van der Waals surface area contributed by atoms with E-state index in [0.29, 0.717) is 5.92 Å². The number of aromatic nitrogens is 2. The molecule has 15 heavy (non-hydrogen) atoms. The quantitative estimate of drug-likeness (QED) is 0.792. The molecule has 0 amide bonds. The van der Waals surface area contributed by atoms with E-state index in [9.17, 15) is 0 Å². The van der Waals surface area contributed by atoms with Crippen LogP contribution in [0, 0.1) is 13.8 Å². The number of rotatable bonds is 2. The van der Waals surface area contributed by atoms with Crippen molar-refractivity contribution < 1.29 is 0 Å². The molecular weight excluding hydrogens is 184 g/mol. The van der Waals surface area contributed by atoms with E-state index in [1.54, 1.807) is 6.20 Å². The lowest BCUT2D eigenvalue weighted by molar-refractivity contribution is 0.830. The Morgan fingerprint density at radius 1 is 1.27 bits per heavy atom. The summed E-state index contributed by atoms with van der Waals surface area (Å²) in [6, 6.07) is 6.43. The molecule has 2 aromatic rings. The van der Waals surface area contributed by atoms with Crippen LogP contribution >= 0.6 is 0 Å². The monoisotopic (exact) mass is 200 g/mol. The summed E-state index contributed by atoms with van der Waals surface area (Å²) in [6.45, 7) is 6.50. The average Bonchev–Trinajstić information content (AvgIpc) is 2.74. The predicted octanol–water partition coefficient (Wildman–Crippen LogP) is 3.18. The zero-order valence-corrected chi connectivity index (χ0v) is 9.41. The topological polar surface area (TPSA) is 28.7 Å². The van der Waals surface area contributed by atoms with Crippen LogP contribution in [0.4, 0.5) is 0 Å². The number of H-pyrrole nitrogens is 1. The second-order valence-corrected chi connectivity index (χ2v) is 3.99. The largest absolute Gasteiger partial charge is 0.348 e. The van der Waals surface area contributed by atoms with E-state index in [1.165, 1.54) is 16.7 Å². The lowest BCUT2D eigenvalue weighted by Gasteiger charge is -2.14. The van der Waals surface area contributed by atoms with Gasteiger partial charge in [-0.05, 0) is 30.5 Å². The minimum atomic E-state index is 0.333. The molecule has 2 nitrogen and oxygen atoms in total. The normalized spacial score (nSPS) is 12.7. The highest BCUT2D eigenvalue weighted by Crippen LogP contribution is 2.25. The van der Waals surface area contributed by atoms with E-state index < -0.39 is 0 Å². The fraction of sp³-hybridized carbons (Fsp3) is 0.308. The molecular formula is C13H16N2. The van der Waals surface area contributed by atoms with Gasteiger partial charge in [-0.25, -0.2) is 4.98 Å². The van der Waals surface area contributed by atoms with E-state index in [4.69, 9.17) is 0 Å². The van der Waals surface area contributed by atoms with Gasteiger partial charge in [-0.2, -0.15) is 0 Å². The molecule has 0 radical (unpaired) electrons. The Hall–Kier alpha value is -1.57. The first-order chi connectivity index (χ1) is 7.20. The maximum Gasteiger partial charge on any atom is 0.113 e. The van der Waals surface area contributed by atoms with Gasteiger partial charge in [0.1, 0.15) is 5.82 Å². The Morgan fingerprint density at radius 2 is 2.07 bits per heavy atom. The molecule has 0 aliphatic rings. The first-order valence-corrected chi connectivity index (χ1v) is 5.25. The van der Waals surface area contributed by atoms with Crippen LogP contribution in [0.1, 0.15) is 35.4 Å². The Labute approximate surface area is 90.4 Å².